The SMILES string of the molecule is CCOc1cc(OCC)nc(C(=O)OC)c1. The highest BCUT2D eigenvalue weighted by molar-refractivity contribution is 5.87. The number of hydrogen-bond donors (Lipinski definition) is 0. The molecule has 0 aliphatic rings. The van der Waals surface area contributed by atoms with Crippen LogP contribution < -0.4 is 9.47 Å². The maximum Gasteiger partial charge on any atom is 0.356 e. The molecule has 5 nitrogen and oxygen atoms in total. The molecule has 0 fully saturated rings. The van der Waals surface area contributed by atoms with Gasteiger partial charge in [-0.15, -0.1) is 0 Å². The van der Waals surface area contributed by atoms with Gasteiger partial charge in [-0.2, -0.15) is 0 Å². The van der Waals surface area contributed by atoms with Crippen molar-refractivity contribution in [3.8, 4) is 11.6 Å². The number of aromatic nitrogens is 1. The summed E-state index contributed by atoms with van der Waals surface area (Å²) in [5, 5.41) is 0. The minimum Gasteiger partial charge on any atom is -0.494 e. The van der Waals surface area contributed by atoms with Crippen molar-refractivity contribution in [3.63, 3.8) is 0 Å². The van der Waals surface area contributed by atoms with E-state index in [0.29, 0.717) is 24.8 Å². The largest absolute Gasteiger partial charge is 0.494 e. The average Bonchev–Trinajstić information content (AvgIpc) is 2.28. The van der Waals surface area contributed by atoms with Crippen LogP contribution in [0.3, 0.4) is 0 Å². The maximum absolute atomic E-state index is 11.3. The van der Waals surface area contributed by atoms with Crippen LogP contribution in [0.15, 0.2) is 12.1 Å². The molecule has 0 aliphatic carbocycles. The van der Waals surface area contributed by atoms with Crippen molar-refractivity contribution in [1.82, 2.24) is 4.98 Å². The number of methoxy groups -OCH3 is 1. The third-order valence-corrected chi connectivity index (χ3v) is 1.77. The van der Waals surface area contributed by atoms with E-state index < -0.39 is 5.97 Å². The smallest absolute Gasteiger partial charge is 0.356 e. The van der Waals surface area contributed by atoms with Crippen LogP contribution in [0, 0.1) is 0 Å². The van der Waals surface area contributed by atoms with Crippen LogP contribution in [0.2, 0.25) is 0 Å². The summed E-state index contributed by atoms with van der Waals surface area (Å²) in [7, 11) is 1.30. The molecule has 0 spiro atoms. The van der Waals surface area contributed by atoms with Gasteiger partial charge in [0.2, 0.25) is 5.88 Å². The number of rotatable bonds is 5. The first-order valence-corrected chi connectivity index (χ1v) is 5.07. The standard InChI is InChI=1S/C11H15NO4/c1-4-15-8-6-9(11(13)14-3)12-10(7-8)16-5-2/h6-7H,4-5H2,1-3H3. The van der Waals surface area contributed by atoms with E-state index in [2.05, 4.69) is 9.72 Å². The van der Waals surface area contributed by atoms with E-state index in [9.17, 15) is 4.79 Å². The number of carbonyl (C=O) groups excluding carboxylic acids is 1. The van der Waals surface area contributed by atoms with E-state index in [0.717, 1.165) is 0 Å². The van der Waals surface area contributed by atoms with Gasteiger partial charge < -0.3 is 14.2 Å². The molecule has 0 saturated heterocycles. The lowest BCUT2D eigenvalue weighted by molar-refractivity contribution is 0.0592. The zero-order valence-corrected chi connectivity index (χ0v) is 9.65. The van der Waals surface area contributed by atoms with Gasteiger partial charge in [0.05, 0.1) is 20.3 Å². The van der Waals surface area contributed by atoms with E-state index in [4.69, 9.17) is 9.47 Å². The summed E-state index contributed by atoms with van der Waals surface area (Å²) in [6, 6.07) is 3.16. The molecule has 0 radical (unpaired) electrons. The molecule has 16 heavy (non-hydrogen) atoms. The summed E-state index contributed by atoms with van der Waals surface area (Å²) in [6.45, 7) is 4.69. The highest BCUT2D eigenvalue weighted by Gasteiger charge is 2.11. The number of esters is 1. The predicted octanol–water partition coefficient (Wildman–Crippen LogP) is 1.67. The second-order valence-corrected chi connectivity index (χ2v) is 2.88. The first-order valence-electron chi connectivity index (χ1n) is 5.07. The second-order valence-electron chi connectivity index (χ2n) is 2.88. The molecule has 0 atom stereocenters. The molecule has 0 amide bonds. The van der Waals surface area contributed by atoms with Crippen molar-refractivity contribution in [3.05, 3.63) is 17.8 Å². The van der Waals surface area contributed by atoms with Crippen LogP contribution in [-0.4, -0.2) is 31.3 Å². The van der Waals surface area contributed by atoms with E-state index in [1.54, 1.807) is 6.07 Å². The van der Waals surface area contributed by atoms with E-state index in [1.165, 1.54) is 13.2 Å². The van der Waals surface area contributed by atoms with Crippen molar-refractivity contribution in [2.75, 3.05) is 20.3 Å². The number of ether oxygens (including phenoxy) is 3. The monoisotopic (exact) mass is 225 g/mol. The zero-order chi connectivity index (χ0) is 12.0. The molecule has 0 N–H and O–H groups in total. The fraction of sp³-hybridized carbons (Fsp3) is 0.455. The first-order chi connectivity index (χ1) is 7.71. The van der Waals surface area contributed by atoms with Crippen LogP contribution in [-0.2, 0) is 4.74 Å². The van der Waals surface area contributed by atoms with Gasteiger partial charge in [-0.3, -0.25) is 0 Å². The molecule has 88 valence electrons. The molecular weight excluding hydrogens is 210 g/mol. The van der Waals surface area contributed by atoms with E-state index >= 15 is 0 Å². The van der Waals surface area contributed by atoms with Gasteiger partial charge in [-0.05, 0) is 13.8 Å². The fourth-order valence-electron chi connectivity index (χ4n) is 1.16. The molecule has 0 aromatic carbocycles. The normalized spacial score (nSPS) is 9.69. The third kappa shape index (κ3) is 3.12. The first kappa shape index (κ1) is 12.3. The fourth-order valence-corrected chi connectivity index (χ4v) is 1.16. The van der Waals surface area contributed by atoms with Gasteiger partial charge in [-0.1, -0.05) is 0 Å². The van der Waals surface area contributed by atoms with E-state index in [-0.39, 0.29) is 5.69 Å². The van der Waals surface area contributed by atoms with Crippen LogP contribution in [0.1, 0.15) is 24.3 Å². The molecular formula is C11H15NO4. The third-order valence-electron chi connectivity index (χ3n) is 1.77. The summed E-state index contributed by atoms with van der Waals surface area (Å²) < 4.78 is 15.1. The molecule has 1 rings (SSSR count). The Bertz CT molecular complexity index is 341. The zero-order valence-electron chi connectivity index (χ0n) is 9.65. The lowest BCUT2D eigenvalue weighted by atomic mass is 10.3. The molecule has 0 saturated carbocycles. The quantitative estimate of drug-likeness (QED) is 0.713. The Morgan fingerprint density at radius 2 is 1.94 bits per heavy atom. The van der Waals surface area contributed by atoms with Gasteiger partial charge in [-0.25, -0.2) is 9.78 Å². The predicted molar refractivity (Wildman–Crippen MR) is 57.9 cm³/mol. The topological polar surface area (TPSA) is 57.7 Å². The molecule has 0 bridgehead atoms. The molecule has 1 heterocycles. The summed E-state index contributed by atoms with van der Waals surface area (Å²) in [6.07, 6.45) is 0. The average molecular weight is 225 g/mol. The lowest BCUT2D eigenvalue weighted by Gasteiger charge is -2.08. The summed E-state index contributed by atoms with van der Waals surface area (Å²) in [5.74, 6) is 0.387. The highest BCUT2D eigenvalue weighted by Crippen LogP contribution is 2.19. The van der Waals surface area contributed by atoms with Crippen molar-refractivity contribution in [1.29, 1.82) is 0 Å². The van der Waals surface area contributed by atoms with E-state index in [1.807, 2.05) is 13.8 Å². The van der Waals surface area contributed by atoms with Crippen molar-refractivity contribution < 1.29 is 19.0 Å². The number of hydrogen-bond acceptors (Lipinski definition) is 5. The Labute approximate surface area is 94.3 Å². The van der Waals surface area contributed by atoms with Crippen molar-refractivity contribution in [2.24, 2.45) is 0 Å². The maximum atomic E-state index is 11.3. The van der Waals surface area contributed by atoms with Gasteiger partial charge in [0.15, 0.2) is 5.69 Å². The lowest BCUT2D eigenvalue weighted by Crippen LogP contribution is -2.07. The molecule has 0 unspecified atom stereocenters. The summed E-state index contributed by atoms with van der Waals surface area (Å²) in [4.78, 5) is 15.3. The van der Waals surface area contributed by atoms with Gasteiger partial charge >= 0.3 is 5.97 Å². The number of nitrogens with zero attached hydrogens (tertiary/aromatic N) is 1. The Balaban J connectivity index is 3.02. The van der Waals surface area contributed by atoms with Gasteiger partial charge in [0, 0.05) is 12.1 Å². The molecule has 0 aliphatic heterocycles. The Morgan fingerprint density at radius 1 is 1.25 bits per heavy atom. The molecule has 1 aromatic heterocycles. The van der Waals surface area contributed by atoms with Crippen molar-refractivity contribution in [2.45, 2.75) is 13.8 Å². The number of carbonyl (C=O) groups is 1. The summed E-state index contributed by atoms with van der Waals surface area (Å²) >= 11 is 0. The van der Waals surface area contributed by atoms with Crippen LogP contribution in [0.25, 0.3) is 0 Å². The molecule has 1 aromatic rings. The minimum absolute atomic E-state index is 0.178. The second kappa shape index (κ2) is 5.95. The van der Waals surface area contributed by atoms with Crippen LogP contribution in [0.4, 0.5) is 0 Å². The minimum atomic E-state index is -0.512. The van der Waals surface area contributed by atoms with Gasteiger partial charge in [0.1, 0.15) is 5.75 Å². The number of pyridine rings is 1. The Kier molecular flexibility index (Phi) is 4.57. The van der Waals surface area contributed by atoms with Gasteiger partial charge in [0.25, 0.3) is 0 Å². The summed E-state index contributed by atoms with van der Waals surface area (Å²) in [5.41, 5.74) is 0.178. The molecule has 5 heteroatoms. The van der Waals surface area contributed by atoms with Crippen LogP contribution in [0.5, 0.6) is 11.6 Å². The Hall–Kier alpha value is -1.78. The highest BCUT2D eigenvalue weighted by atomic mass is 16.5. The van der Waals surface area contributed by atoms with Crippen molar-refractivity contribution >= 4 is 5.97 Å². The van der Waals surface area contributed by atoms with Crippen LogP contribution >= 0.6 is 0 Å². The Morgan fingerprint density at radius 3 is 2.50 bits per heavy atom.